The Morgan fingerprint density at radius 1 is 1.12 bits per heavy atom. The van der Waals surface area contributed by atoms with Crippen LogP contribution >= 0.6 is 11.6 Å². The van der Waals surface area contributed by atoms with Crippen LogP contribution in [0.2, 0.25) is 5.02 Å². The van der Waals surface area contributed by atoms with Crippen LogP contribution in [0.4, 0.5) is 17.1 Å². The normalized spacial score (nSPS) is 14.5. The second kappa shape index (κ2) is 10.5. The lowest BCUT2D eigenvalue weighted by molar-refractivity contribution is -0.384. The van der Waals surface area contributed by atoms with Crippen molar-refractivity contribution in [1.82, 2.24) is 4.90 Å². The maximum atomic E-state index is 12.7. The standard InChI is InChI=1S/C25H25ClN4O4/c1-2-28-14-16-29(17-15-28)25-20(26)7-5-8-21(25)27-24(31)13-11-18-10-12-23(34-18)19-6-3-4-9-22(19)30(32)33/h3-13H,2,14-17H2,1H3,(H,27,31)/b13-11+. The molecular formula is C25H25ClN4O4. The van der Waals surface area contributed by atoms with Gasteiger partial charge in [0.25, 0.3) is 5.69 Å². The minimum Gasteiger partial charge on any atom is -0.456 e. The Balaban J connectivity index is 1.47. The molecule has 176 valence electrons. The summed E-state index contributed by atoms with van der Waals surface area (Å²) in [5.41, 5.74) is 1.80. The van der Waals surface area contributed by atoms with Gasteiger partial charge in [-0.25, -0.2) is 0 Å². The van der Waals surface area contributed by atoms with E-state index in [9.17, 15) is 14.9 Å². The van der Waals surface area contributed by atoms with Crippen molar-refractivity contribution in [3.63, 3.8) is 0 Å². The lowest BCUT2D eigenvalue weighted by Crippen LogP contribution is -2.46. The maximum Gasteiger partial charge on any atom is 0.280 e. The number of halogens is 1. The lowest BCUT2D eigenvalue weighted by Gasteiger charge is -2.36. The number of piperazine rings is 1. The fraction of sp³-hybridized carbons (Fsp3) is 0.240. The molecule has 2 heterocycles. The summed E-state index contributed by atoms with van der Waals surface area (Å²) in [6, 6.07) is 15.1. The number of hydrogen-bond donors (Lipinski definition) is 1. The molecule has 0 aliphatic carbocycles. The van der Waals surface area contributed by atoms with E-state index in [1.807, 2.05) is 12.1 Å². The van der Waals surface area contributed by atoms with Crippen LogP contribution in [-0.2, 0) is 4.79 Å². The van der Waals surface area contributed by atoms with Crippen LogP contribution in [0.5, 0.6) is 0 Å². The number of nitrogens with one attached hydrogen (secondary N) is 1. The number of carbonyl (C=O) groups is 1. The first kappa shape index (κ1) is 23.5. The van der Waals surface area contributed by atoms with E-state index in [0.717, 1.165) is 38.4 Å². The third-order valence-corrected chi connectivity index (χ3v) is 6.08. The van der Waals surface area contributed by atoms with Gasteiger partial charge < -0.3 is 19.5 Å². The van der Waals surface area contributed by atoms with Gasteiger partial charge in [0.05, 0.1) is 26.9 Å². The molecule has 1 aliphatic heterocycles. The van der Waals surface area contributed by atoms with E-state index in [2.05, 4.69) is 22.0 Å². The van der Waals surface area contributed by atoms with Crippen molar-refractivity contribution in [1.29, 1.82) is 0 Å². The molecule has 1 fully saturated rings. The van der Waals surface area contributed by atoms with Gasteiger partial charge in [-0.15, -0.1) is 0 Å². The van der Waals surface area contributed by atoms with Crippen molar-refractivity contribution in [3.8, 4) is 11.3 Å². The number of hydrogen-bond acceptors (Lipinski definition) is 6. The molecule has 4 rings (SSSR count). The molecule has 34 heavy (non-hydrogen) atoms. The van der Waals surface area contributed by atoms with Crippen molar-refractivity contribution < 1.29 is 14.1 Å². The molecule has 8 nitrogen and oxygen atoms in total. The Labute approximate surface area is 202 Å². The monoisotopic (exact) mass is 480 g/mol. The number of furan rings is 1. The molecule has 2 aromatic carbocycles. The molecule has 1 amide bonds. The van der Waals surface area contributed by atoms with Crippen molar-refractivity contribution in [2.45, 2.75) is 6.92 Å². The van der Waals surface area contributed by atoms with Gasteiger partial charge in [0.2, 0.25) is 5.91 Å². The molecule has 3 aromatic rings. The highest BCUT2D eigenvalue weighted by atomic mass is 35.5. The van der Waals surface area contributed by atoms with Crippen LogP contribution < -0.4 is 10.2 Å². The predicted molar refractivity (Wildman–Crippen MR) is 134 cm³/mol. The zero-order valence-electron chi connectivity index (χ0n) is 18.7. The minimum atomic E-state index is -0.453. The van der Waals surface area contributed by atoms with Crippen LogP contribution in [0, 0.1) is 10.1 Å². The van der Waals surface area contributed by atoms with Crippen molar-refractivity contribution in [2.75, 3.05) is 42.9 Å². The Kier molecular flexibility index (Phi) is 7.30. The van der Waals surface area contributed by atoms with Gasteiger partial charge in [-0.05, 0) is 43.0 Å². The smallest absolute Gasteiger partial charge is 0.280 e. The molecule has 1 aliphatic rings. The van der Waals surface area contributed by atoms with Crippen LogP contribution in [0.3, 0.4) is 0 Å². The second-order valence-electron chi connectivity index (χ2n) is 7.86. The number of nitro benzene ring substituents is 1. The van der Waals surface area contributed by atoms with E-state index < -0.39 is 4.92 Å². The van der Waals surface area contributed by atoms with Crippen molar-refractivity contribution in [2.24, 2.45) is 0 Å². The number of rotatable bonds is 7. The lowest BCUT2D eigenvalue weighted by atomic mass is 10.1. The van der Waals surface area contributed by atoms with E-state index in [4.69, 9.17) is 16.0 Å². The molecular weight excluding hydrogens is 456 g/mol. The number of nitrogens with zero attached hydrogens (tertiary/aromatic N) is 3. The van der Waals surface area contributed by atoms with Crippen LogP contribution in [-0.4, -0.2) is 48.5 Å². The average molecular weight is 481 g/mol. The molecule has 0 bridgehead atoms. The molecule has 1 N–H and O–H groups in total. The maximum absolute atomic E-state index is 12.7. The SMILES string of the molecule is CCN1CCN(c2c(Cl)cccc2NC(=O)/C=C/c2ccc(-c3ccccc3[N+](=O)[O-])o2)CC1. The first-order valence-corrected chi connectivity index (χ1v) is 11.4. The number of nitro groups is 1. The number of amides is 1. The third-order valence-electron chi connectivity index (χ3n) is 5.77. The Morgan fingerprint density at radius 2 is 1.88 bits per heavy atom. The number of benzene rings is 2. The van der Waals surface area contributed by atoms with Gasteiger partial charge >= 0.3 is 0 Å². The number of para-hydroxylation sites is 2. The van der Waals surface area contributed by atoms with E-state index in [-0.39, 0.29) is 11.6 Å². The summed E-state index contributed by atoms with van der Waals surface area (Å²) in [6.45, 7) is 6.70. The third kappa shape index (κ3) is 5.30. The molecule has 0 atom stereocenters. The van der Waals surface area contributed by atoms with Gasteiger partial charge in [0.1, 0.15) is 11.5 Å². The Morgan fingerprint density at radius 3 is 2.62 bits per heavy atom. The topological polar surface area (TPSA) is 91.9 Å². The number of carbonyl (C=O) groups excluding carboxylic acids is 1. The zero-order chi connectivity index (χ0) is 24.1. The number of likely N-dealkylation sites (N-methyl/N-ethyl adjacent to an activating group) is 1. The Hall–Kier alpha value is -3.62. The molecule has 0 saturated carbocycles. The quantitative estimate of drug-likeness (QED) is 0.280. The highest BCUT2D eigenvalue weighted by Gasteiger charge is 2.21. The Bertz CT molecular complexity index is 1220. The summed E-state index contributed by atoms with van der Waals surface area (Å²) in [5.74, 6) is 0.431. The molecule has 0 unspecified atom stereocenters. The zero-order valence-corrected chi connectivity index (χ0v) is 19.5. The summed E-state index contributed by atoms with van der Waals surface area (Å²) in [6.07, 6.45) is 2.89. The highest BCUT2D eigenvalue weighted by Crippen LogP contribution is 2.35. The molecule has 0 spiro atoms. The molecule has 1 aromatic heterocycles. The van der Waals surface area contributed by atoms with Gasteiger partial charge in [-0.1, -0.05) is 36.7 Å². The average Bonchev–Trinajstić information content (AvgIpc) is 3.32. The van der Waals surface area contributed by atoms with Gasteiger partial charge in [0, 0.05) is 38.3 Å². The van der Waals surface area contributed by atoms with Crippen molar-refractivity contribution >= 4 is 40.6 Å². The van der Waals surface area contributed by atoms with E-state index in [1.165, 1.54) is 18.2 Å². The summed E-state index contributed by atoms with van der Waals surface area (Å²) in [7, 11) is 0. The second-order valence-corrected chi connectivity index (χ2v) is 8.26. The van der Waals surface area contributed by atoms with Crippen LogP contribution in [0.15, 0.2) is 65.1 Å². The van der Waals surface area contributed by atoms with Crippen molar-refractivity contribution in [3.05, 3.63) is 81.6 Å². The summed E-state index contributed by atoms with van der Waals surface area (Å²) < 4.78 is 5.71. The van der Waals surface area contributed by atoms with Gasteiger partial charge in [-0.2, -0.15) is 0 Å². The molecule has 0 radical (unpaired) electrons. The van der Waals surface area contributed by atoms with Gasteiger partial charge in [-0.3, -0.25) is 14.9 Å². The summed E-state index contributed by atoms with van der Waals surface area (Å²) in [4.78, 5) is 28.0. The van der Waals surface area contributed by atoms with Crippen LogP contribution in [0.25, 0.3) is 17.4 Å². The van der Waals surface area contributed by atoms with E-state index in [0.29, 0.717) is 27.8 Å². The fourth-order valence-corrected chi connectivity index (χ4v) is 4.28. The van der Waals surface area contributed by atoms with Gasteiger partial charge in [0.15, 0.2) is 0 Å². The fourth-order valence-electron chi connectivity index (χ4n) is 3.99. The first-order chi connectivity index (χ1) is 16.5. The highest BCUT2D eigenvalue weighted by molar-refractivity contribution is 6.34. The predicted octanol–water partition coefficient (Wildman–Crippen LogP) is 5.30. The minimum absolute atomic E-state index is 0.0432. The van der Waals surface area contributed by atoms with E-state index in [1.54, 1.807) is 36.4 Å². The first-order valence-electron chi connectivity index (χ1n) is 11.0. The molecule has 9 heteroatoms. The summed E-state index contributed by atoms with van der Waals surface area (Å²) in [5, 5.41) is 14.8. The number of anilines is 2. The summed E-state index contributed by atoms with van der Waals surface area (Å²) >= 11 is 6.50. The molecule has 1 saturated heterocycles. The van der Waals surface area contributed by atoms with E-state index >= 15 is 0 Å². The largest absolute Gasteiger partial charge is 0.456 e. The van der Waals surface area contributed by atoms with Crippen LogP contribution in [0.1, 0.15) is 12.7 Å².